The van der Waals surface area contributed by atoms with Crippen LogP contribution < -0.4 is 0 Å². The molecule has 0 spiro atoms. The predicted octanol–water partition coefficient (Wildman–Crippen LogP) is 17.6. The zero-order valence-electron chi connectivity index (χ0n) is 41.2. The number of allylic oxidation sites excluding steroid dienone is 21. The minimum Gasteiger partial charge on any atom is -0.462 e. The van der Waals surface area contributed by atoms with Crippen LogP contribution >= 0.6 is 0 Å². The Labute approximate surface area is 394 Å². The van der Waals surface area contributed by atoms with Gasteiger partial charge in [-0.25, -0.2) is 0 Å². The number of carbonyl (C=O) groups excluding carboxylic acids is 2. The maximum absolute atomic E-state index is 12.7. The Bertz CT molecular complexity index is 1370. The Morgan fingerprint density at radius 2 is 0.750 bits per heavy atom. The molecule has 0 radical (unpaired) electrons. The van der Waals surface area contributed by atoms with Crippen molar-refractivity contribution in [2.75, 3.05) is 19.8 Å². The summed E-state index contributed by atoms with van der Waals surface area (Å²) in [5.74, 6) is -0.576. The molecule has 0 saturated heterocycles. The van der Waals surface area contributed by atoms with Gasteiger partial charge in [0.2, 0.25) is 0 Å². The van der Waals surface area contributed by atoms with E-state index < -0.39 is 6.10 Å². The quantitative estimate of drug-likeness (QED) is 0.0346. The fourth-order valence-electron chi connectivity index (χ4n) is 6.44. The van der Waals surface area contributed by atoms with Crippen molar-refractivity contribution in [1.29, 1.82) is 0 Å². The minimum absolute atomic E-state index is 0.0248. The van der Waals surface area contributed by atoms with E-state index in [0.29, 0.717) is 13.0 Å². The van der Waals surface area contributed by atoms with Gasteiger partial charge in [-0.3, -0.25) is 9.59 Å². The molecule has 0 rings (SSSR count). The summed E-state index contributed by atoms with van der Waals surface area (Å²) in [6, 6.07) is 0. The summed E-state index contributed by atoms with van der Waals surface area (Å²) >= 11 is 0. The molecule has 0 aliphatic carbocycles. The molecule has 0 aromatic heterocycles. The highest BCUT2D eigenvalue weighted by molar-refractivity contribution is 5.71. The molecular weight excluding hydrogens is 789 g/mol. The number of rotatable bonds is 45. The standard InChI is InChI=1S/C59H94O5/c1-4-7-10-13-16-19-22-25-28-29-30-31-33-34-37-40-43-46-49-52-58(60)63-56-57(55-62-54-51-48-45-42-39-36-27-24-21-18-15-12-9-6-3)64-59(61)53-50-47-44-41-38-35-32-26-23-20-17-14-11-8-5-2/h7-8,10-12,15-17,19-21,24-26,28,30-32,38,41,47,50,57H,4-6,9,13-14,18,22-23,27,29,33-37,39-40,42-46,48-49,51-56H2,1-3H3/b10-7-,11-8-,15-12-,19-16-,20-17-,24-21-,28-25-,31-30-,32-26-,41-38-,50-47-. The number of unbranched alkanes of at least 4 members (excludes halogenated alkanes) is 13. The molecule has 5 heteroatoms. The minimum atomic E-state index is -0.612. The van der Waals surface area contributed by atoms with E-state index in [1.54, 1.807) is 0 Å². The lowest BCUT2D eigenvalue weighted by molar-refractivity contribution is -0.162. The molecule has 0 aromatic carbocycles. The van der Waals surface area contributed by atoms with E-state index >= 15 is 0 Å². The van der Waals surface area contributed by atoms with Gasteiger partial charge in [0.15, 0.2) is 6.10 Å². The fraction of sp³-hybridized carbons (Fsp3) is 0.593. The van der Waals surface area contributed by atoms with Crippen LogP contribution in [-0.4, -0.2) is 37.9 Å². The van der Waals surface area contributed by atoms with Crippen molar-refractivity contribution in [2.24, 2.45) is 0 Å². The first-order valence-electron chi connectivity index (χ1n) is 25.7. The van der Waals surface area contributed by atoms with E-state index in [0.717, 1.165) is 109 Å². The number of esters is 2. The third kappa shape index (κ3) is 50.7. The summed E-state index contributed by atoms with van der Waals surface area (Å²) in [5.41, 5.74) is 0. The van der Waals surface area contributed by atoms with Gasteiger partial charge in [0.05, 0.1) is 13.0 Å². The van der Waals surface area contributed by atoms with Crippen molar-refractivity contribution in [3.05, 3.63) is 134 Å². The van der Waals surface area contributed by atoms with E-state index in [-0.39, 0.29) is 31.6 Å². The summed E-state index contributed by atoms with van der Waals surface area (Å²) in [4.78, 5) is 25.4. The summed E-state index contributed by atoms with van der Waals surface area (Å²) in [5, 5.41) is 0. The molecule has 0 bridgehead atoms. The summed E-state index contributed by atoms with van der Waals surface area (Å²) in [7, 11) is 0. The van der Waals surface area contributed by atoms with Crippen LogP contribution in [0.15, 0.2) is 134 Å². The van der Waals surface area contributed by atoms with Crippen molar-refractivity contribution in [3.63, 3.8) is 0 Å². The zero-order valence-corrected chi connectivity index (χ0v) is 41.2. The number of ether oxygens (including phenoxy) is 3. The SMILES string of the molecule is CC/C=C\C/C=C\C/C=C\C/C=C\C/C=C\CC(=O)OC(COCCCCCCCC/C=C\C/C=C\CCC)COC(=O)CCCCCCCC/C=C\C/C=C\C/C=C\C/C=C\CC. The predicted molar refractivity (Wildman–Crippen MR) is 278 cm³/mol. The Hall–Kier alpha value is -3.96. The summed E-state index contributed by atoms with van der Waals surface area (Å²) in [6.45, 7) is 7.37. The van der Waals surface area contributed by atoms with Gasteiger partial charge in [0, 0.05) is 13.0 Å². The van der Waals surface area contributed by atoms with Crippen molar-refractivity contribution in [3.8, 4) is 0 Å². The van der Waals surface area contributed by atoms with Crippen molar-refractivity contribution < 1.29 is 23.8 Å². The van der Waals surface area contributed by atoms with Crippen LogP contribution in [-0.2, 0) is 23.8 Å². The molecule has 0 fully saturated rings. The van der Waals surface area contributed by atoms with Crippen LogP contribution in [0.1, 0.15) is 201 Å². The second kappa shape index (κ2) is 53.4. The molecule has 0 aliphatic heterocycles. The first-order valence-corrected chi connectivity index (χ1v) is 25.7. The van der Waals surface area contributed by atoms with E-state index in [9.17, 15) is 9.59 Å². The van der Waals surface area contributed by atoms with E-state index in [2.05, 4.69) is 142 Å². The third-order valence-corrected chi connectivity index (χ3v) is 10.2. The highest BCUT2D eigenvalue weighted by Crippen LogP contribution is 2.12. The lowest BCUT2D eigenvalue weighted by Crippen LogP contribution is -2.29. The highest BCUT2D eigenvalue weighted by atomic mass is 16.6. The van der Waals surface area contributed by atoms with Gasteiger partial charge in [-0.2, -0.15) is 0 Å². The van der Waals surface area contributed by atoms with Crippen LogP contribution in [0.25, 0.3) is 0 Å². The average Bonchev–Trinajstić information content (AvgIpc) is 3.30. The monoisotopic (exact) mass is 883 g/mol. The van der Waals surface area contributed by atoms with E-state index in [4.69, 9.17) is 14.2 Å². The summed E-state index contributed by atoms with van der Waals surface area (Å²) < 4.78 is 17.3. The first-order chi connectivity index (χ1) is 31.6. The van der Waals surface area contributed by atoms with Gasteiger partial charge in [-0.1, -0.05) is 212 Å². The van der Waals surface area contributed by atoms with Crippen molar-refractivity contribution in [2.45, 2.75) is 207 Å². The fourth-order valence-corrected chi connectivity index (χ4v) is 6.44. The zero-order chi connectivity index (χ0) is 46.3. The number of hydrogen-bond donors (Lipinski definition) is 0. The normalized spacial score (nSPS) is 13.4. The highest BCUT2D eigenvalue weighted by Gasteiger charge is 2.17. The first kappa shape index (κ1) is 60.0. The second-order valence-corrected chi connectivity index (χ2v) is 16.3. The van der Waals surface area contributed by atoms with Crippen LogP contribution in [0.3, 0.4) is 0 Å². The molecule has 0 N–H and O–H groups in total. The van der Waals surface area contributed by atoms with Crippen molar-refractivity contribution >= 4 is 11.9 Å². The maximum atomic E-state index is 12.7. The van der Waals surface area contributed by atoms with Gasteiger partial charge in [-0.05, 0) is 109 Å². The van der Waals surface area contributed by atoms with E-state index in [1.165, 1.54) is 57.8 Å². The Balaban J connectivity index is 4.44. The van der Waals surface area contributed by atoms with Crippen LogP contribution in [0.2, 0.25) is 0 Å². The molecule has 1 unspecified atom stereocenters. The van der Waals surface area contributed by atoms with Gasteiger partial charge in [0.1, 0.15) is 6.61 Å². The molecule has 0 aliphatic rings. The molecule has 64 heavy (non-hydrogen) atoms. The van der Waals surface area contributed by atoms with Gasteiger partial charge < -0.3 is 14.2 Å². The molecule has 0 aromatic rings. The summed E-state index contributed by atoms with van der Waals surface area (Å²) in [6.07, 6.45) is 76.2. The topological polar surface area (TPSA) is 61.8 Å². The molecule has 0 amide bonds. The van der Waals surface area contributed by atoms with Crippen LogP contribution in [0, 0.1) is 0 Å². The number of hydrogen-bond acceptors (Lipinski definition) is 5. The van der Waals surface area contributed by atoms with Gasteiger partial charge in [-0.15, -0.1) is 0 Å². The van der Waals surface area contributed by atoms with Crippen LogP contribution in [0.4, 0.5) is 0 Å². The van der Waals surface area contributed by atoms with Gasteiger partial charge >= 0.3 is 11.9 Å². The Kier molecular flexibility index (Phi) is 50.1. The average molecular weight is 883 g/mol. The number of carbonyl (C=O) groups is 2. The second-order valence-electron chi connectivity index (χ2n) is 16.3. The van der Waals surface area contributed by atoms with Crippen LogP contribution in [0.5, 0.6) is 0 Å². The largest absolute Gasteiger partial charge is 0.462 e. The Morgan fingerprint density at radius 1 is 0.375 bits per heavy atom. The molecule has 5 nitrogen and oxygen atoms in total. The lowest BCUT2D eigenvalue weighted by atomic mass is 10.1. The molecule has 0 heterocycles. The maximum Gasteiger partial charge on any atom is 0.310 e. The third-order valence-electron chi connectivity index (χ3n) is 10.2. The Morgan fingerprint density at radius 3 is 1.20 bits per heavy atom. The lowest BCUT2D eigenvalue weighted by Gasteiger charge is -2.18. The van der Waals surface area contributed by atoms with Gasteiger partial charge in [0.25, 0.3) is 0 Å². The molecular formula is C59H94O5. The molecule has 1 atom stereocenters. The molecule has 0 saturated carbocycles. The molecule has 360 valence electrons. The van der Waals surface area contributed by atoms with E-state index in [1.807, 2.05) is 12.2 Å². The van der Waals surface area contributed by atoms with Crippen molar-refractivity contribution in [1.82, 2.24) is 0 Å². The smallest absolute Gasteiger partial charge is 0.310 e.